The highest BCUT2D eigenvalue weighted by Crippen LogP contribution is 2.41. The van der Waals surface area contributed by atoms with Crippen LogP contribution in [-0.4, -0.2) is 0 Å². The van der Waals surface area contributed by atoms with Crippen LogP contribution in [0.1, 0.15) is 47.5 Å². The van der Waals surface area contributed by atoms with Crippen LogP contribution in [0, 0.1) is 17.8 Å². The highest BCUT2D eigenvalue weighted by atomic mass is 14.3. The van der Waals surface area contributed by atoms with Crippen LogP contribution in [0.2, 0.25) is 0 Å². The van der Waals surface area contributed by atoms with Crippen LogP contribution in [-0.2, 0) is 0 Å². The average Bonchev–Trinajstić information content (AvgIpc) is 2.30. The lowest BCUT2D eigenvalue weighted by Gasteiger charge is -2.20. The average molecular weight is 166 g/mol. The molecule has 1 rings (SSSR count). The van der Waals surface area contributed by atoms with Gasteiger partial charge in [0.15, 0.2) is 0 Å². The zero-order chi connectivity index (χ0) is 9.30. The van der Waals surface area contributed by atoms with Gasteiger partial charge in [0.1, 0.15) is 0 Å². The van der Waals surface area contributed by atoms with E-state index in [2.05, 4.69) is 34.6 Å². The molecule has 0 saturated heterocycles. The molecule has 1 fully saturated rings. The van der Waals surface area contributed by atoms with E-state index < -0.39 is 0 Å². The van der Waals surface area contributed by atoms with Gasteiger partial charge in [-0.3, -0.25) is 0 Å². The minimum Gasteiger partial charge on any atom is -0.0767 e. The zero-order valence-corrected chi connectivity index (χ0v) is 9.15. The van der Waals surface area contributed by atoms with Crippen molar-refractivity contribution in [2.24, 2.45) is 17.8 Å². The molecule has 0 spiro atoms. The normalized spacial score (nSPS) is 30.0. The van der Waals surface area contributed by atoms with Gasteiger partial charge < -0.3 is 0 Å². The van der Waals surface area contributed by atoms with Crippen LogP contribution in [0.3, 0.4) is 0 Å². The van der Waals surface area contributed by atoms with E-state index in [0.29, 0.717) is 0 Å². The van der Waals surface area contributed by atoms with Crippen LogP contribution in [0.15, 0.2) is 11.1 Å². The van der Waals surface area contributed by atoms with Gasteiger partial charge >= 0.3 is 0 Å². The highest BCUT2D eigenvalue weighted by molar-refractivity contribution is 5.20. The third kappa shape index (κ3) is 1.73. The lowest BCUT2D eigenvalue weighted by molar-refractivity contribution is 0.450. The van der Waals surface area contributed by atoms with Gasteiger partial charge in [0.25, 0.3) is 0 Å². The maximum absolute atomic E-state index is 2.38. The number of hydrogen-bond acceptors (Lipinski definition) is 0. The molecule has 0 aromatic heterocycles. The Morgan fingerprint density at radius 2 is 1.83 bits per heavy atom. The number of rotatable bonds is 1. The van der Waals surface area contributed by atoms with Gasteiger partial charge in [0.2, 0.25) is 0 Å². The van der Waals surface area contributed by atoms with E-state index in [1.54, 1.807) is 11.1 Å². The lowest BCUT2D eigenvalue weighted by Crippen LogP contribution is -2.08. The van der Waals surface area contributed by atoms with Gasteiger partial charge in [-0.25, -0.2) is 0 Å². The zero-order valence-electron chi connectivity index (χ0n) is 9.15. The Morgan fingerprint density at radius 1 is 1.25 bits per heavy atom. The molecule has 70 valence electrons. The van der Waals surface area contributed by atoms with Crippen molar-refractivity contribution in [3.63, 3.8) is 0 Å². The Labute approximate surface area is 77.1 Å². The second kappa shape index (κ2) is 3.64. The summed E-state index contributed by atoms with van der Waals surface area (Å²) in [5.41, 5.74) is 3.32. The molecule has 0 nitrogen and oxygen atoms in total. The van der Waals surface area contributed by atoms with Crippen LogP contribution < -0.4 is 0 Å². The molecule has 0 heterocycles. The first-order valence-electron chi connectivity index (χ1n) is 5.21. The molecular weight excluding hydrogens is 144 g/mol. The number of allylic oxidation sites excluding steroid dienone is 2. The van der Waals surface area contributed by atoms with E-state index in [1.165, 1.54) is 12.8 Å². The fourth-order valence-corrected chi connectivity index (χ4v) is 2.66. The van der Waals surface area contributed by atoms with E-state index in [4.69, 9.17) is 0 Å². The van der Waals surface area contributed by atoms with Crippen LogP contribution in [0.5, 0.6) is 0 Å². The van der Waals surface area contributed by atoms with Gasteiger partial charge in [0.05, 0.1) is 0 Å². The molecular formula is C12H22. The molecule has 0 bridgehead atoms. The summed E-state index contributed by atoms with van der Waals surface area (Å²) < 4.78 is 0. The third-order valence-corrected chi connectivity index (χ3v) is 3.22. The lowest BCUT2D eigenvalue weighted by atomic mass is 9.86. The van der Waals surface area contributed by atoms with Gasteiger partial charge in [-0.05, 0) is 44.4 Å². The standard InChI is InChI=1S/C12H22/c1-8(2)11-7-6-10(5)12(11)9(3)4/h8,10-11H,6-7H2,1-5H3. The summed E-state index contributed by atoms with van der Waals surface area (Å²) in [6.07, 6.45) is 2.82. The Hall–Kier alpha value is -0.260. The summed E-state index contributed by atoms with van der Waals surface area (Å²) in [7, 11) is 0. The van der Waals surface area contributed by atoms with Crippen molar-refractivity contribution in [1.29, 1.82) is 0 Å². The van der Waals surface area contributed by atoms with E-state index in [0.717, 1.165) is 17.8 Å². The smallest absolute Gasteiger partial charge is 0.0175 e. The predicted molar refractivity (Wildman–Crippen MR) is 55.1 cm³/mol. The maximum Gasteiger partial charge on any atom is -0.0175 e. The van der Waals surface area contributed by atoms with Crippen LogP contribution in [0.25, 0.3) is 0 Å². The van der Waals surface area contributed by atoms with Crippen molar-refractivity contribution >= 4 is 0 Å². The quantitative estimate of drug-likeness (QED) is 0.516. The molecule has 0 N–H and O–H groups in total. The second-order valence-corrected chi connectivity index (χ2v) is 4.78. The van der Waals surface area contributed by atoms with Crippen molar-refractivity contribution in [3.8, 4) is 0 Å². The maximum atomic E-state index is 2.38. The Kier molecular flexibility index (Phi) is 2.98. The summed E-state index contributed by atoms with van der Waals surface area (Å²) in [6.45, 7) is 11.6. The molecule has 0 aromatic rings. The Morgan fingerprint density at radius 3 is 2.17 bits per heavy atom. The SMILES string of the molecule is CC(C)=C1C(C)CCC1C(C)C. The molecule has 0 aromatic carbocycles. The fraction of sp³-hybridized carbons (Fsp3) is 0.833. The van der Waals surface area contributed by atoms with Crippen molar-refractivity contribution < 1.29 is 0 Å². The van der Waals surface area contributed by atoms with Gasteiger partial charge in [-0.1, -0.05) is 31.9 Å². The van der Waals surface area contributed by atoms with E-state index >= 15 is 0 Å². The van der Waals surface area contributed by atoms with Gasteiger partial charge in [-0.15, -0.1) is 0 Å². The number of hydrogen-bond donors (Lipinski definition) is 0. The first-order chi connectivity index (χ1) is 5.54. The van der Waals surface area contributed by atoms with Crippen LogP contribution in [0.4, 0.5) is 0 Å². The first kappa shape index (κ1) is 9.83. The third-order valence-electron chi connectivity index (χ3n) is 3.22. The molecule has 0 aliphatic heterocycles. The summed E-state index contributed by atoms with van der Waals surface area (Å²) in [5.74, 6) is 2.56. The molecule has 12 heavy (non-hydrogen) atoms. The molecule has 1 aliphatic rings. The summed E-state index contributed by atoms with van der Waals surface area (Å²) >= 11 is 0. The molecule has 1 aliphatic carbocycles. The molecule has 1 saturated carbocycles. The van der Waals surface area contributed by atoms with E-state index in [-0.39, 0.29) is 0 Å². The summed E-state index contributed by atoms with van der Waals surface area (Å²) in [5, 5.41) is 0. The predicted octanol–water partition coefficient (Wildman–Crippen LogP) is 4.02. The van der Waals surface area contributed by atoms with E-state index in [1.807, 2.05) is 0 Å². The Bertz CT molecular complexity index is 182. The van der Waals surface area contributed by atoms with E-state index in [9.17, 15) is 0 Å². The van der Waals surface area contributed by atoms with Crippen molar-refractivity contribution in [3.05, 3.63) is 11.1 Å². The van der Waals surface area contributed by atoms with Gasteiger partial charge in [0, 0.05) is 0 Å². The van der Waals surface area contributed by atoms with Crippen molar-refractivity contribution in [2.45, 2.75) is 47.5 Å². The highest BCUT2D eigenvalue weighted by Gasteiger charge is 2.29. The summed E-state index contributed by atoms with van der Waals surface area (Å²) in [4.78, 5) is 0. The topological polar surface area (TPSA) is 0 Å². The molecule has 0 heteroatoms. The molecule has 2 atom stereocenters. The summed E-state index contributed by atoms with van der Waals surface area (Å²) in [6, 6.07) is 0. The minimum absolute atomic E-state index is 0.833. The second-order valence-electron chi connectivity index (χ2n) is 4.78. The van der Waals surface area contributed by atoms with Gasteiger partial charge in [-0.2, -0.15) is 0 Å². The minimum atomic E-state index is 0.833. The first-order valence-corrected chi connectivity index (χ1v) is 5.21. The van der Waals surface area contributed by atoms with Crippen LogP contribution >= 0.6 is 0 Å². The fourth-order valence-electron chi connectivity index (χ4n) is 2.66. The Balaban J connectivity index is 2.86. The van der Waals surface area contributed by atoms with Crippen molar-refractivity contribution in [1.82, 2.24) is 0 Å². The van der Waals surface area contributed by atoms with Crippen molar-refractivity contribution in [2.75, 3.05) is 0 Å². The largest absolute Gasteiger partial charge is 0.0767 e. The molecule has 2 unspecified atom stereocenters. The molecule has 0 amide bonds. The monoisotopic (exact) mass is 166 g/mol. The molecule has 0 radical (unpaired) electrons.